The van der Waals surface area contributed by atoms with E-state index in [-0.39, 0.29) is 21.2 Å². The molecule has 0 saturated carbocycles. The number of aryl methyl sites for hydroxylation is 1. The number of sulfonamides is 1. The summed E-state index contributed by atoms with van der Waals surface area (Å²) in [4.78, 5) is 12.3. The zero-order valence-electron chi connectivity index (χ0n) is 13.5. The molecule has 0 aliphatic carbocycles. The van der Waals surface area contributed by atoms with Crippen LogP contribution in [-0.2, 0) is 16.4 Å². The first-order valence-corrected chi connectivity index (χ1v) is 9.29. The number of rotatable bonds is 7. The van der Waals surface area contributed by atoms with Gasteiger partial charge < -0.3 is 15.2 Å². The zero-order valence-corrected chi connectivity index (χ0v) is 15.1. The third kappa shape index (κ3) is 3.62. The number of ether oxygens (including phenoxy) is 2. The van der Waals surface area contributed by atoms with E-state index in [2.05, 4.69) is 4.72 Å². The van der Waals surface area contributed by atoms with E-state index in [0.29, 0.717) is 12.2 Å². The van der Waals surface area contributed by atoms with Crippen molar-refractivity contribution in [2.75, 3.05) is 18.9 Å². The van der Waals surface area contributed by atoms with Gasteiger partial charge in [0.25, 0.3) is 15.9 Å². The normalized spacial score (nSPS) is 11.1. The molecular weight excluding hydrogens is 352 g/mol. The fourth-order valence-electron chi connectivity index (χ4n) is 2.05. The van der Waals surface area contributed by atoms with Gasteiger partial charge in [0.15, 0.2) is 0 Å². The van der Waals surface area contributed by atoms with Gasteiger partial charge in [0, 0.05) is 10.9 Å². The Labute approximate surface area is 144 Å². The first kappa shape index (κ1) is 18.1. The summed E-state index contributed by atoms with van der Waals surface area (Å²) in [7, 11) is -1.19. The maximum Gasteiger partial charge on any atom is 0.266 e. The van der Waals surface area contributed by atoms with Crippen molar-refractivity contribution >= 4 is 32.3 Å². The van der Waals surface area contributed by atoms with Crippen LogP contribution in [0.1, 0.15) is 22.2 Å². The predicted octanol–water partition coefficient (Wildman–Crippen LogP) is 2.23. The molecule has 0 atom stereocenters. The Balaban J connectivity index is 2.49. The van der Waals surface area contributed by atoms with Gasteiger partial charge in [-0.2, -0.15) is 0 Å². The van der Waals surface area contributed by atoms with Gasteiger partial charge in [0.1, 0.15) is 21.4 Å². The summed E-state index contributed by atoms with van der Waals surface area (Å²) in [5.74, 6) is -0.163. The summed E-state index contributed by atoms with van der Waals surface area (Å²) in [5.41, 5.74) is 5.47. The molecule has 1 aromatic carbocycles. The maximum atomic E-state index is 12.7. The molecule has 0 aliphatic heterocycles. The number of hydrogen-bond donors (Lipinski definition) is 2. The molecule has 0 aliphatic rings. The second-order valence-corrected chi connectivity index (χ2v) is 7.58. The minimum absolute atomic E-state index is 0.0915. The second kappa shape index (κ2) is 7.10. The number of nitrogens with two attached hydrogens (primary N) is 1. The minimum Gasteiger partial charge on any atom is -0.497 e. The second-order valence-electron chi connectivity index (χ2n) is 4.80. The van der Waals surface area contributed by atoms with Gasteiger partial charge in [-0.3, -0.25) is 9.52 Å². The molecule has 2 aromatic rings. The molecule has 0 bridgehead atoms. The molecule has 0 unspecified atom stereocenters. The Kier molecular flexibility index (Phi) is 5.35. The molecule has 9 heteroatoms. The van der Waals surface area contributed by atoms with Crippen LogP contribution in [-0.4, -0.2) is 28.5 Å². The molecule has 24 heavy (non-hydrogen) atoms. The van der Waals surface area contributed by atoms with Crippen molar-refractivity contribution in [2.24, 2.45) is 5.73 Å². The quantitative estimate of drug-likeness (QED) is 0.777. The number of methoxy groups -OCH3 is 2. The van der Waals surface area contributed by atoms with E-state index in [1.54, 1.807) is 12.1 Å². The van der Waals surface area contributed by atoms with Crippen LogP contribution in [0.4, 0.5) is 5.00 Å². The van der Waals surface area contributed by atoms with E-state index in [4.69, 9.17) is 15.2 Å². The average molecular weight is 370 g/mol. The topological polar surface area (TPSA) is 108 Å². The van der Waals surface area contributed by atoms with Crippen molar-refractivity contribution in [1.29, 1.82) is 0 Å². The molecule has 0 spiro atoms. The number of carbonyl (C=O) groups is 1. The van der Waals surface area contributed by atoms with Gasteiger partial charge in [-0.1, -0.05) is 6.92 Å². The highest BCUT2D eigenvalue weighted by Gasteiger charge is 2.24. The Morgan fingerprint density at radius 2 is 1.96 bits per heavy atom. The molecule has 130 valence electrons. The summed E-state index contributed by atoms with van der Waals surface area (Å²) in [6.45, 7) is 1.90. The van der Waals surface area contributed by atoms with Gasteiger partial charge >= 0.3 is 0 Å². The van der Waals surface area contributed by atoms with Crippen LogP contribution in [0.25, 0.3) is 0 Å². The van der Waals surface area contributed by atoms with Crippen LogP contribution >= 0.6 is 11.3 Å². The lowest BCUT2D eigenvalue weighted by molar-refractivity contribution is 0.100. The van der Waals surface area contributed by atoms with Crippen LogP contribution < -0.4 is 19.9 Å². The van der Waals surface area contributed by atoms with Crippen LogP contribution in [0.15, 0.2) is 29.2 Å². The number of amides is 1. The molecule has 3 N–H and O–H groups in total. The average Bonchev–Trinajstić information content (AvgIpc) is 2.96. The summed E-state index contributed by atoms with van der Waals surface area (Å²) in [5, 5.41) is 0.184. The Hall–Kier alpha value is -2.26. The van der Waals surface area contributed by atoms with Gasteiger partial charge in [-0.05, 0) is 24.6 Å². The third-order valence-electron chi connectivity index (χ3n) is 3.28. The molecular formula is C15H18N2O5S2. The van der Waals surface area contributed by atoms with E-state index in [0.717, 1.165) is 4.88 Å². The first-order chi connectivity index (χ1) is 11.3. The molecule has 7 nitrogen and oxygen atoms in total. The van der Waals surface area contributed by atoms with Gasteiger partial charge in [-0.25, -0.2) is 8.42 Å². The van der Waals surface area contributed by atoms with Crippen molar-refractivity contribution in [2.45, 2.75) is 18.2 Å². The smallest absolute Gasteiger partial charge is 0.266 e. The number of thiophene rings is 1. The molecule has 0 saturated heterocycles. The largest absolute Gasteiger partial charge is 0.497 e. The fraction of sp³-hybridized carbons (Fsp3) is 0.267. The van der Waals surface area contributed by atoms with E-state index < -0.39 is 15.9 Å². The first-order valence-electron chi connectivity index (χ1n) is 6.99. The van der Waals surface area contributed by atoms with Crippen molar-refractivity contribution in [1.82, 2.24) is 0 Å². The minimum atomic E-state index is -3.99. The third-order valence-corrected chi connectivity index (χ3v) is 5.98. The number of primary amides is 1. The summed E-state index contributed by atoms with van der Waals surface area (Å²) < 4.78 is 38.1. The Morgan fingerprint density at radius 1 is 1.25 bits per heavy atom. The molecule has 1 aromatic heterocycles. The lowest BCUT2D eigenvalue weighted by Crippen LogP contribution is -2.17. The summed E-state index contributed by atoms with van der Waals surface area (Å²) in [6, 6.07) is 6.02. The predicted molar refractivity (Wildman–Crippen MR) is 92.6 cm³/mol. The Morgan fingerprint density at radius 3 is 2.50 bits per heavy atom. The van der Waals surface area contributed by atoms with E-state index >= 15 is 0 Å². The fourth-order valence-corrected chi connectivity index (χ4v) is 4.55. The SMILES string of the molecule is CCc1cc(C(N)=O)c(NS(=O)(=O)c2cc(OC)ccc2OC)s1. The van der Waals surface area contributed by atoms with Gasteiger partial charge in [0.2, 0.25) is 0 Å². The van der Waals surface area contributed by atoms with Crippen molar-refractivity contribution in [3.05, 3.63) is 34.7 Å². The van der Waals surface area contributed by atoms with Crippen LogP contribution in [0, 0.1) is 0 Å². The van der Waals surface area contributed by atoms with Crippen LogP contribution in [0.2, 0.25) is 0 Å². The molecule has 1 heterocycles. The van der Waals surface area contributed by atoms with Crippen molar-refractivity contribution < 1.29 is 22.7 Å². The molecule has 0 radical (unpaired) electrons. The number of hydrogen-bond acceptors (Lipinski definition) is 6. The standard InChI is InChI=1S/C15H18N2O5S2/c1-4-10-8-11(14(16)18)15(23-10)17-24(19,20)13-7-9(21-2)5-6-12(13)22-3/h5-8,17H,4H2,1-3H3,(H2,16,18). The highest BCUT2D eigenvalue weighted by atomic mass is 32.2. The molecule has 1 amide bonds. The van der Waals surface area contributed by atoms with Gasteiger partial charge in [-0.15, -0.1) is 11.3 Å². The Bertz CT molecular complexity index is 859. The van der Waals surface area contributed by atoms with E-state index in [1.165, 1.54) is 37.7 Å². The van der Waals surface area contributed by atoms with Gasteiger partial charge in [0.05, 0.1) is 19.8 Å². The van der Waals surface area contributed by atoms with Crippen molar-refractivity contribution in [3.63, 3.8) is 0 Å². The lowest BCUT2D eigenvalue weighted by atomic mass is 10.2. The maximum absolute atomic E-state index is 12.7. The van der Waals surface area contributed by atoms with Crippen LogP contribution in [0.5, 0.6) is 11.5 Å². The number of nitrogens with one attached hydrogen (secondary N) is 1. The van der Waals surface area contributed by atoms with Crippen LogP contribution in [0.3, 0.4) is 0 Å². The number of anilines is 1. The molecule has 0 fully saturated rings. The highest BCUT2D eigenvalue weighted by Crippen LogP contribution is 2.34. The number of benzene rings is 1. The summed E-state index contributed by atoms with van der Waals surface area (Å²) in [6.07, 6.45) is 0.662. The molecule has 2 rings (SSSR count). The monoisotopic (exact) mass is 370 g/mol. The number of carbonyl (C=O) groups excluding carboxylic acids is 1. The summed E-state index contributed by atoms with van der Waals surface area (Å²) >= 11 is 1.17. The van der Waals surface area contributed by atoms with E-state index in [9.17, 15) is 13.2 Å². The zero-order chi connectivity index (χ0) is 17.9. The van der Waals surface area contributed by atoms with Crippen molar-refractivity contribution in [3.8, 4) is 11.5 Å². The lowest BCUT2D eigenvalue weighted by Gasteiger charge is -2.12. The highest BCUT2D eigenvalue weighted by molar-refractivity contribution is 7.93. The van der Waals surface area contributed by atoms with E-state index in [1.807, 2.05) is 6.92 Å².